The first-order chi connectivity index (χ1) is 7.15. The van der Waals surface area contributed by atoms with E-state index in [2.05, 4.69) is 4.74 Å². The Balaban J connectivity index is 3.29. The summed E-state index contributed by atoms with van der Waals surface area (Å²) < 4.78 is 9.96. The Morgan fingerprint density at radius 1 is 1.33 bits per heavy atom. The van der Waals surface area contributed by atoms with Crippen molar-refractivity contribution in [1.29, 1.82) is 0 Å². The monoisotopic (exact) mass is 226 g/mol. The van der Waals surface area contributed by atoms with Crippen molar-refractivity contribution in [2.24, 2.45) is 0 Å². The second kappa shape index (κ2) is 5.07. The Labute approximate surface area is 93.8 Å². The lowest BCUT2D eigenvalue weighted by Crippen LogP contribution is -2.05. The molecule has 0 aromatic heterocycles. The highest BCUT2D eigenvalue weighted by Crippen LogP contribution is 2.32. The summed E-state index contributed by atoms with van der Waals surface area (Å²) in [5.41, 5.74) is 1.36. The smallest absolute Gasteiger partial charge is 0.338 e. The fraction of sp³-hybridized carbons (Fsp3) is 0.364. The summed E-state index contributed by atoms with van der Waals surface area (Å²) in [5, 5.41) is 0. The first-order valence-electron chi connectivity index (χ1n) is 4.45. The van der Waals surface area contributed by atoms with Crippen molar-refractivity contribution < 1.29 is 14.3 Å². The van der Waals surface area contributed by atoms with Crippen molar-refractivity contribution in [3.8, 4) is 5.75 Å². The van der Waals surface area contributed by atoms with Crippen LogP contribution in [-0.2, 0) is 4.74 Å². The van der Waals surface area contributed by atoms with E-state index in [9.17, 15) is 4.79 Å². The van der Waals surface area contributed by atoms with E-state index in [-0.39, 0.29) is 5.97 Å². The van der Waals surface area contributed by atoms with Gasteiger partial charge < -0.3 is 9.47 Å². The molecule has 1 rings (SSSR count). The molecule has 0 aliphatic heterocycles. The number of benzene rings is 1. The maximum Gasteiger partial charge on any atom is 0.338 e. The average Bonchev–Trinajstić information content (AvgIpc) is 2.27. The molecule has 15 heavy (non-hydrogen) atoms. The van der Waals surface area contributed by atoms with Gasteiger partial charge in [-0.3, -0.25) is 0 Å². The van der Waals surface area contributed by atoms with Crippen LogP contribution in [0.5, 0.6) is 5.75 Å². The molecule has 0 unspecified atom stereocenters. The third kappa shape index (κ3) is 2.26. The molecular formula is C11H14O3S. The van der Waals surface area contributed by atoms with Crippen LogP contribution in [-0.4, -0.2) is 26.4 Å². The third-order valence-electron chi connectivity index (χ3n) is 2.20. The van der Waals surface area contributed by atoms with Gasteiger partial charge in [0.25, 0.3) is 0 Å². The standard InChI is InChI=1S/C11H14O3S/c1-7-8(11(12)14-3)5-6-9(15-4)10(7)13-2/h5-6H,1-4H3. The van der Waals surface area contributed by atoms with Crippen molar-refractivity contribution in [3.63, 3.8) is 0 Å². The van der Waals surface area contributed by atoms with Gasteiger partial charge >= 0.3 is 5.97 Å². The summed E-state index contributed by atoms with van der Waals surface area (Å²) in [4.78, 5) is 12.4. The van der Waals surface area contributed by atoms with Crippen molar-refractivity contribution in [1.82, 2.24) is 0 Å². The van der Waals surface area contributed by atoms with Gasteiger partial charge in [0.2, 0.25) is 0 Å². The predicted octanol–water partition coefficient (Wildman–Crippen LogP) is 2.51. The highest BCUT2D eigenvalue weighted by molar-refractivity contribution is 7.98. The number of hydrogen-bond donors (Lipinski definition) is 0. The molecule has 0 aliphatic carbocycles. The molecule has 0 radical (unpaired) electrons. The van der Waals surface area contributed by atoms with E-state index in [1.807, 2.05) is 19.2 Å². The van der Waals surface area contributed by atoms with E-state index in [1.54, 1.807) is 24.9 Å². The third-order valence-corrected chi connectivity index (χ3v) is 2.96. The molecule has 0 spiro atoms. The van der Waals surface area contributed by atoms with Crippen LogP contribution in [0.15, 0.2) is 17.0 Å². The van der Waals surface area contributed by atoms with Crippen molar-refractivity contribution >= 4 is 17.7 Å². The molecule has 1 aromatic rings. The Hall–Kier alpha value is -1.16. The van der Waals surface area contributed by atoms with E-state index in [4.69, 9.17) is 4.74 Å². The van der Waals surface area contributed by atoms with Gasteiger partial charge in [-0.15, -0.1) is 11.8 Å². The lowest BCUT2D eigenvalue weighted by atomic mass is 10.1. The van der Waals surface area contributed by atoms with Crippen LogP contribution in [0.4, 0.5) is 0 Å². The van der Waals surface area contributed by atoms with Crippen molar-refractivity contribution in [2.75, 3.05) is 20.5 Å². The number of hydrogen-bond acceptors (Lipinski definition) is 4. The summed E-state index contributed by atoms with van der Waals surface area (Å²) in [7, 11) is 2.97. The second-order valence-electron chi connectivity index (χ2n) is 2.97. The molecule has 0 aliphatic rings. The van der Waals surface area contributed by atoms with Gasteiger partial charge in [0.05, 0.1) is 19.8 Å². The zero-order valence-electron chi connectivity index (χ0n) is 9.29. The summed E-state index contributed by atoms with van der Waals surface area (Å²) in [5.74, 6) is 0.406. The Morgan fingerprint density at radius 3 is 2.47 bits per heavy atom. The zero-order chi connectivity index (χ0) is 11.4. The van der Waals surface area contributed by atoms with Gasteiger partial charge in [0.1, 0.15) is 5.75 Å². The predicted molar refractivity (Wildman–Crippen MR) is 60.9 cm³/mol. The number of esters is 1. The summed E-state index contributed by atoms with van der Waals surface area (Å²) in [6, 6.07) is 3.62. The first kappa shape index (κ1) is 11.9. The average molecular weight is 226 g/mol. The second-order valence-corrected chi connectivity index (χ2v) is 3.81. The van der Waals surface area contributed by atoms with Gasteiger partial charge in [-0.25, -0.2) is 4.79 Å². The molecular weight excluding hydrogens is 212 g/mol. The fourth-order valence-electron chi connectivity index (χ4n) is 1.41. The van der Waals surface area contributed by atoms with Crippen molar-refractivity contribution in [2.45, 2.75) is 11.8 Å². The lowest BCUT2D eigenvalue weighted by Gasteiger charge is -2.12. The number of rotatable bonds is 3. The zero-order valence-corrected chi connectivity index (χ0v) is 10.1. The number of carbonyl (C=O) groups excluding carboxylic acids is 1. The molecule has 0 amide bonds. The molecule has 0 atom stereocenters. The van der Waals surface area contributed by atoms with E-state index < -0.39 is 0 Å². The largest absolute Gasteiger partial charge is 0.495 e. The van der Waals surface area contributed by atoms with E-state index in [0.29, 0.717) is 5.56 Å². The molecule has 0 heterocycles. The van der Waals surface area contributed by atoms with Crippen LogP contribution in [0.25, 0.3) is 0 Å². The van der Waals surface area contributed by atoms with Gasteiger partial charge in [0, 0.05) is 10.5 Å². The molecule has 4 heteroatoms. The van der Waals surface area contributed by atoms with Gasteiger partial charge in [-0.2, -0.15) is 0 Å². The fourth-order valence-corrected chi connectivity index (χ4v) is 2.04. The molecule has 3 nitrogen and oxygen atoms in total. The minimum absolute atomic E-state index is 0.335. The molecule has 82 valence electrons. The molecule has 0 fully saturated rings. The topological polar surface area (TPSA) is 35.5 Å². The first-order valence-corrected chi connectivity index (χ1v) is 5.68. The van der Waals surface area contributed by atoms with Crippen LogP contribution in [0.3, 0.4) is 0 Å². The molecule has 0 bridgehead atoms. The Morgan fingerprint density at radius 2 is 2.00 bits per heavy atom. The highest BCUT2D eigenvalue weighted by Gasteiger charge is 2.15. The quantitative estimate of drug-likeness (QED) is 0.586. The minimum atomic E-state index is -0.335. The van der Waals surface area contributed by atoms with E-state index >= 15 is 0 Å². The minimum Gasteiger partial charge on any atom is -0.495 e. The molecule has 0 saturated carbocycles. The number of carbonyl (C=O) groups is 1. The molecule has 0 saturated heterocycles. The Kier molecular flexibility index (Phi) is 4.03. The van der Waals surface area contributed by atoms with Gasteiger partial charge in [-0.1, -0.05) is 0 Å². The number of ether oxygens (including phenoxy) is 2. The summed E-state index contributed by atoms with van der Waals surface area (Å²) >= 11 is 1.59. The number of thioether (sulfide) groups is 1. The maximum absolute atomic E-state index is 11.4. The summed E-state index contributed by atoms with van der Waals surface area (Å²) in [6.07, 6.45) is 1.97. The molecule has 1 aromatic carbocycles. The van der Waals surface area contributed by atoms with Crippen LogP contribution in [0.2, 0.25) is 0 Å². The van der Waals surface area contributed by atoms with E-state index in [1.165, 1.54) is 7.11 Å². The SMILES string of the molecule is COC(=O)c1ccc(SC)c(OC)c1C. The van der Waals surface area contributed by atoms with Crippen LogP contribution >= 0.6 is 11.8 Å². The van der Waals surface area contributed by atoms with Crippen LogP contribution in [0, 0.1) is 6.92 Å². The van der Waals surface area contributed by atoms with E-state index in [0.717, 1.165) is 16.2 Å². The number of methoxy groups -OCH3 is 2. The Bertz CT molecular complexity index is 374. The van der Waals surface area contributed by atoms with Crippen LogP contribution in [0.1, 0.15) is 15.9 Å². The lowest BCUT2D eigenvalue weighted by molar-refractivity contribution is 0.0599. The van der Waals surface area contributed by atoms with Gasteiger partial charge in [-0.05, 0) is 25.3 Å². The molecule has 0 N–H and O–H groups in total. The van der Waals surface area contributed by atoms with Crippen LogP contribution < -0.4 is 4.74 Å². The van der Waals surface area contributed by atoms with Gasteiger partial charge in [0.15, 0.2) is 0 Å². The normalized spacial score (nSPS) is 9.87. The van der Waals surface area contributed by atoms with Crippen molar-refractivity contribution in [3.05, 3.63) is 23.3 Å². The summed E-state index contributed by atoms with van der Waals surface area (Å²) in [6.45, 7) is 1.85. The maximum atomic E-state index is 11.4. The highest BCUT2D eigenvalue weighted by atomic mass is 32.2.